The number of ether oxygens (including phenoxy) is 1. The molecule has 0 saturated heterocycles. The van der Waals surface area contributed by atoms with E-state index in [0.717, 1.165) is 18.1 Å². The predicted octanol–water partition coefficient (Wildman–Crippen LogP) is 3.59. The van der Waals surface area contributed by atoms with Gasteiger partial charge >= 0.3 is 6.18 Å². The van der Waals surface area contributed by atoms with Gasteiger partial charge in [-0.25, -0.2) is 0 Å². The molecule has 2 aromatic heterocycles. The van der Waals surface area contributed by atoms with Crippen LogP contribution in [0, 0.1) is 6.92 Å². The van der Waals surface area contributed by atoms with Gasteiger partial charge in [-0.2, -0.15) is 23.3 Å². The predicted molar refractivity (Wildman–Crippen MR) is 87.5 cm³/mol. The van der Waals surface area contributed by atoms with Crippen molar-refractivity contribution in [3.63, 3.8) is 0 Å². The van der Waals surface area contributed by atoms with Crippen LogP contribution in [0.15, 0.2) is 30.3 Å². The Balaban J connectivity index is 2.03. The molecule has 0 bridgehead atoms. The number of aryl methyl sites for hydroxylation is 2. The molecule has 5 nitrogen and oxygen atoms in total. The summed E-state index contributed by atoms with van der Waals surface area (Å²) in [6.45, 7) is 2.04. The van der Waals surface area contributed by atoms with Gasteiger partial charge in [-0.05, 0) is 37.6 Å². The number of alkyl halides is 3. The van der Waals surface area contributed by atoms with Crippen LogP contribution < -0.4 is 10.5 Å². The van der Waals surface area contributed by atoms with Crippen molar-refractivity contribution in [2.24, 2.45) is 12.8 Å². The van der Waals surface area contributed by atoms with E-state index in [2.05, 4.69) is 10.1 Å². The van der Waals surface area contributed by atoms with Gasteiger partial charge in [0, 0.05) is 13.1 Å². The van der Waals surface area contributed by atoms with Gasteiger partial charge in [-0.3, -0.25) is 4.68 Å². The summed E-state index contributed by atoms with van der Waals surface area (Å²) in [5, 5.41) is 4.02. The van der Waals surface area contributed by atoms with E-state index in [1.807, 2.05) is 12.1 Å². The average molecular weight is 350 g/mol. The summed E-state index contributed by atoms with van der Waals surface area (Å²) in [6, 6.07) is 7.90. The van der Waals surface area contributed by atoms with Crippen LogP contribution in [0.5, 0.6) is 11.6 Å². The molecule has 0 aliphatic carbocycles. The highest BCUT2D eigenvalue weighted by molar-refractivity contribution is 5.83. The molecule has 0 aliphatic rings. The fourth-order valence-electron chi connectivity index (χ4n) is 2.71. The molecular weight excluding hydrogens is 333 g/mol. The molecule has 8 heteroatoms. The Hall–Kier alpha value is -2.61. The molecule has 132 valence electrons. The third-order valence-electron chi connectivity index (χ3n) is 3.83. The van der Waals surface area contributed by atoms with Crippen molar-refractivity contribution in [1.29, 1.82) is 0 Å². The van der Waals surface area contributed by atoms with Crippen LogP contribution in [0.25, 0.3) is 11.0 Å². The number of pyridine rings is 1. The van der Waals surface area contributed by atoms with Gasteiger partial charge in [0.1, 0.15) is 5.75 Å². The highest BCUT2D eigenvalue weighted by atomic mass is 19.4. The zero-order valence-corrected chi connectivity index (χ0v) is 13.8. The molecule has 1 aromatic carbocycles. The Kier molecular flexibility index (Phi) is 4.38. The van der Waals surface area contributed by atoms with Gasteiger partial charge in [-0.1, -0.05) is 12.1 Å². The molecule has 0 fully saturated rings. The van der Waals surface area contributed by atoms with E-state index in [4.69, 9.17) is 10.5 Å². The van der Waals surface area contributed by atoms with E-state index in [1.54, 1.807) is 19.2 Å². The van der Waals surface area contributed by atoms with Crippen LogP contribution in [0.4, 0.5) is 13.2 Å². The maximum atomic E-state index is 13.4. The second-order valence-electron chi connectivity index (χ2n) is 5.70. The molecule has 0 unspecified atom stereocenters. The van der Waals surface area contributed by atoms with E-state index < -0.39 is 11.7 Å². The number of hydrogen-bond donors (Lipinski definition) is 1. The molecule has 0 saturated carbocycles. The fourth-order valence-corrected chi connectivity index (χ4v) is 2.71. The van der Waals surface area contributed by atoms with E-state index in [9.17, 15) is 13.2 Å². The van der Waals surface area contributed by atoms with Crippen LogP contribution in [-0.4, -0.2) is 21.3 Å². The number of aromatic nitrogens is 3. The van der Waals surface area contributed by atoms with Gasteiger partial charge in [0.05, 0.1) is 16.6 Å². The van der Waals surface area contributed by atoms with Crippen LogP contribution >= 0.6 is 0 Å². The molecule has 0 atom stereocenters. The molecule has 25 heavy (non-hydrogen) atoms. The zero-order chi connectivity index (χ0) is 18.2. The number of hydrogen-bond acceptors (Lipinski definition) is 4. The monoisotopic (exact) mass is 350 g/mol. The second kappa shape index (κ2) is 6.36. The second-order valence-corrected chi connectivity index (χ2v) is 5.70. The summed E-state index contributed by atoms with van der Waals surface area (Å²) >= 11 is 0. The third-order valence-corrected chi connectivity index (χ3v) is 3.83. The fraction of sp³-hybridized carbons (Fsp3) is 0.294. The normalized spacial score (nSPS) is 11.9. The van der Waals surface area contributed by atoms with E-state index in [-0.39, 0.29) is 22.6 Å². The summed E-state index contributed by atoms with van der Waals surface area (Å²) in [5.41, 5.74) is 6.11. The Morgan fingerprint density at radius 3 is 2.48 bits per heavy atom. The van der Waals surface area contributed by atoms with E-state index >= 15 is 0 Å². The standard InChI is InChI=1S/C17H17F3N4O/c1-10-15-13(17(18,19)20)9-14(22-16(15)24(2)23-10)25-12-5-3-11(4-6-12)7-8-21/h3-6,9H,7-8,21H2,1-2H3. The summed E-state index contributed by atoms with van der Waals surface area (Å²) in [7, 11) is 1.55. The molecule has 3 aromatic rings. The van der Waals surface area contributed by atoms with Crippen molar-refractivity contribution in [3.8, 4) is 11.6 Å². The summed E-state index contributed by atoms with van der Waals surface area (Å²) in [4.78, 5) is 4.18. The first-order chi connectivity index (χ1) is 11.8. The lowest BCUT2D eigenvalue weighted by molar-refractivity contribution is -0.136. The summed E-state index contributed by atoms with van der Waals surface area (Å²) < 4.78 is 47.1. The van der Waals surface area contributed by atoms with Gasteiger partial charge in [0.2, 0.25) is 5.88 Å². The highest BCUT2D eigenvalue weighted by Gasteiger charge is 2.35. The number of nitrogens with zero attached hydrogens (tertiary/aromatic N) is 3. The van der Waals surface area contributed by atoms with Crippen LogP contribution in [-0.2, 0) is 19.6 Å². The number of nitrogens with two attached hydrogens (primary N) is 1. The minimum Gasteiger partial charge on any atom is -0.439 e. The zero-order valence-electron chi connectivity index (χ0n) is 13.8. The average Bonchev–Trinajstić information content (AvgIpc) is 2.83. The Morgan fingerprint density at radius 2 is 1.88 bits per heavy atom. The molecule has 0 aliphatic heterocycles. The maximum absolute atomic E-state index is 13.4. The minimum absolute atomic E-state index is 0.0133. The SMILES string of the molecule is Cc1nn(C)c2nc(Oc3ccc(CCN)cc3)cc(C(F)(F)F)c12. The lowest BCUT2D eigenvalue weighted by atomic mass is 10.1. The number of rotatable bonds is 4. The first kappa shape index (κ1) is 17.2. The largest absolute Gasteiger partial charge is 0.439 e. The van der Waals surface area contributed by atoms with Crippen molar-refractivity contribution in [2.45, 2.75) is 19.5 Å². The molecule has 0 amide bonds. The quantitative estimate of drug-likeness (QED) is 0.781. The molecule has 0 spiro atoms. The van der Waals surface area contributed by atoms with E-state index in [0.29, 0.717) is 12.3 Å². The van der Waals surface area contributed by atoms with Crippen molar-refractivity contribution in [1.82, 2.24) is 14.8 Å². The summed E-state index contributed by atoms with van der Waals surface area (Å²) in [5.74, 6) is 0.272. The first-order valence-electron chi connectivity index (χ1n) is 7.68. The molecule has 2 N–H and O–H groups in total. The molecular formula is C17H17F3N4O. The smallest absolute Gasteiger partial charge is 0.417 e. The third kappa shape index (κ3) is 3.43. The van der Waals surface area contributed by atoms with Gasteiger partial charge in [0.15, 0.2) is 5.65 Å². The lowest BCUT2D eigenvalue weighted by Crippen LogP contribution is -2.07. The van der Waals surface area contributed by atoms with Crippen LogP contribution in [0.1, 0.15) is 16.8 Å². The van der Waals surface area contributed by atoms with Crippen molar-refractivity contribution in [3.05, 3.63) is 47.2 Å². The highest BCUT2D eigenvalue weighted by Crippen LogP contribution is 2.38. The summed E-state index contributed by atoms with van der Waals surface area (Å²) in [6.07, 6.45) is -3.81. The van der Waals surface area contributed by atoms with Gasteiger partial charge in [-0.15, -0.1) is 0 Å². The van der Waals surface area contributed by atoms with Gasteiger partial charge in [0.25, 0.3) is 0 Å². The Labute approximate surface area is 142 Å². The van der Waals surface area contributed by atoms with E-state index in [1.165, 1.54) is 11.6 Å². The Morgan fingerprint density at radius 1 is 1.20 bits per heavy atom. The lowest BCUT2D eigenvalue weighted by Gasteiger charge is -2.12. The number of halogens is 3. The van der Waals surface area contributed by atoms with Crippen molar-refractivity contribution >= 4 is 11.0 Å². The van der Waals surface area contributed by atoms with Crippen LogP contribution in [0.3, 0.4) is 0 Å². The van der Waals surface area contributed by atoms with Gasteiger partial charge < -0.3 is 10.5 Å². The van der Waals surface area contributed by atoms with Crippen molar-refractivity contribution < 1.29 is 17.9 Å². The molecule has 3 rings (SSSR count). The van der Waals surface area contributed by atoms with Crippen molar-refractivity contribution in [2.75, 3.05) is 6.54 Å². The number of fused-ring (bicyclic) bond motifs is 1. The minimum atomic E-state index is -4.53. The maximum Gasteiger partial charge on any atom is 0.417 e. The topological polar surface area (TPSA) is 66.0 Å². The molecule has 2 heterocycles. The first-order valence-corrected chi connectivity index (χ1v) is 7.68. The number of benzene rings is 1. The van der Waals surface area contributed by atoms with Crippen LogP contribution in [0.2, 0.25) is 0 Å². The Bertz CT molecular complexity index is 901. The molecule has 0 radical (unpaired) electrons.